The maximum Gasteiger partial charge on any atom is 0.248 e. The predicted octanol–water partition coefficient (Wildman–Crippen LogP) is 2.62. The van der Waals surface area contributed by atoms with Crippen molar-refractivity contribution in [2.75, 3.05) is 13.6 Å². The van der Waals surface area contributed by atoms with Crippen molar-refractivity contribution >= 4 is 0 Å². The third-order valence-corrected chi connectivity index (χ3v) is 3.82. The SMILES string of the molecule is CC(C)N(C)CCC1(N)CCC(F)(F)CC1. The van der Waals surface area contributed by atoms with Crippen LogP contribution >= 0.6 is 0 Å². The van der Waals surface area contributed by atoms with Crippen LogP contribution in [0.15, 0.2) is 0 Å². The Labute approximate surface area is 97.2 Å². The number of nitrogens with zero attached hydrogens (tertiary/aromatic N) is 1. The summed E-state index contributed by atoms with van der Waals surface area (Å²) in [6.07, 6.45) is 1.62. The van der Waals surface area contributed by atoms with Crippen LogP contribution in [0.3, 0.4) is 0 Å². The van der Waals surface area contributed by atoms with Gasteiger partial charge in [0.25, 0.3) is 0 Å². The first-order valence-corrected chi connectivity index (χ1v) is 6.11. The third kappa shape index (κ3) is 3.98. The molecule has 0 aromatic heterocycles. The van der Waals surface area contributed by atoms with E-state index in [0.29, 0.717) is 18.9 Å². The van der Waals surface area contributed by atoms with Crippen LogP contribution in [0.25, 0.3) is 0 Å². The van der Waals surface area contributed by atoms with Crippen molar-refractivity contribution in [1.29, 1.82) is 0 Å². The van der Waals surface area contributed by atoms with Gasteiger partial charge in [-0.2, -0.15) is 0 Å². The quantitative estimate of drug-likeness (QED) is 0.810. The van der Waals surface area contributed by atoms with Crippen LogP contribution < -0.4 is 5.73 Å². The highest BCUT2D eigenvalue weighted by Crippen LogP contribution is 2.38. The Morgan fingerprint density at radius 2 is 1.69 bits per heavy atom. The maximum absolute atomic E-state index is 13.0. The van der Waals surface area contributed by atoms with Gasteiger partial charge in [-0.25, -0.2) is 8.78 Å². The minimum absolute atomic E-state index is 0.0467. The second-order valence-electron chi connectivity index (χ2n) is 5.54. The molecule has 2 N–H and O–H groups in total. The van der Waals surface area contributed by atoms with Gasteiger partial charge >= 0.3 is 0 Å². The van der Waals surface area contributed by atoms with Crippen molar-refractivity contribution in [1.82, 2.24) is 4.90 Å². The third-order valence-electron chi connectivity index (χ3n) is 3.82. The largest absolute Gasteiger partial charge is 0.325 e. The fourth-order valence-corrected chi connectivity index (χ4v) is 2.02. The number of halogens is 2. The average Bonchev–Trinajstić information content (AvgIpc) is 2.20. The minimum Gasteiger partial charge on any atom is -0.325 e. The van der Waals surface area contributed by atoms with E-state index in [9.17, 15) is 8.78 Å². The van der Waals surface area contributed by atoms with Gasteiger partial charge in [0.05, 0.1) is 0 Å². The normalized spacial score (nSPS) is 24.0. The highest BCUT2D eigenvalue weighted by Gasteiger charge is 2.40. The molecule has 0 aromatic rings. The summed E-state index contributed by atoms with van der Waals surface area (Å²) in [7, 11) is 2.05. The zero-order chi connectivity index (χ0) is 12.4. The van der Waals surface area contributed by atoms with Crippen LogP contribution in [-0.4, -0.2) is 36.0 Å². The lowest BCUT2D eigenvalue weighted by molar-refractivity contribution is -0.0524. The number of alkyl halides is 2. The van der Waals surface area contributed by atoms with E-state index in [1.165, 1.54) is 0 Å². The van der Waals surface area contributed by atoms with Crippen LogP contribution in [0, 0.1) is 0 Å². The Morgan fingerprint density at radius 3 is 2.12 bits per heavy atom. The van der Waals surface area contributed by atoms with E-state index in [1.807, 2.05) is 7.05 Å². The molecule has 0 spiro atoms. The van der Waals surface area contributed by atoms with Gasteiger partial charge < -0.3 is 10.6 Å². The Hall–Kier alpha value is -0.220. The molecule has 0 amide bonds. The molecule has 1 fully saturated rings. The van der Waals surface area contributed by atoms with Gasteiger partial charge in [0.15, 0.2) is 0 Å². The topological polar surface area (TPSA) is 29.3 Å². The fourth-order valence-electron chi connectivity index (χ4n) is 2.02. The molecule has 16 heavy (non-hydrogen) atoms. The van der Waals surface area contributed by atoms with Crippen molar-refractivity contribution in [3.8, 4) is 0 Å². The Kier molecular flexibility index (Phi) is 4.29. The first-order valence-electron chi connectivity index (χ1n) is 6.11. The van der Waals surface area contributed by atoms with E-state index in [-0.39, 0.29) is 18.4 Å². The summed E-state index contributed by atoms with van der Waals surface area (Å²) in [5.41, 5.74) is 5.80. The Morgan fingerprint density at radius 1 is 1.19 bits per heavy atom. The highest BCUT2D eigenvalue weighted by molar-refractivity contribution is 4.93. The van der Waals surface area contributed by atoms with Crippen LogP contribution in [0.5, 0.6) is 0 Å². The standard InChI is InChI=1S/C12H24F2N2/c1-10(2)16(3)9-8-11(15)4-6-12(13,14)7-5-11/h10H,4-9,15H2,1-3H3. The molecule has 96 valence electrons. The second kappa shape index (κ2) is 4.96. The Bertz CT molecular complexity index is 219. The molecule has 0 saturated heterocycles. The molecule has 0 atom stereocenters. The molecule has 1 saturated carbocycles. The summed E-state index contributed by atoms with van der Waals surface area (Å²) in [6.45, 7) is 5.14. The molecule has 0 radical (unpaired) electrons. The van der Waals surface area contributed by atoms with Gasteiger partial charge in [-0.1, -0.05) is 0 Å². The van der Waals surface area contributed by atoms with Crippen LogP contribution in [0.1, 0.15) is 46.0 Å². The van der Waals surface area contributed by atoms with E-state index >= 15 is 0 Å². The van der Waals surface area contributed by atoms with Crippen LogP contribution in [0.4, 0.5) is 8.78 Å². The molecule has 0 heterocycles. The summed E-state index contributed by atoms with van der Waals surface area (Å²) >= 11 is 0. The van der Waals surface area contributed by atoms with Gasteiger partial charge in [0.1, 0.15) is 0 Å². The van der Waals surface area contributed by atoms with E-state index < -0.39 is 5.92 Å². The number of nitrogens with two attached hydrogens (primary N) is 1. The molecule has 0 aliphatic heterocycles. The van der Waals surface area contributed by atoms with Gasteiger partial charge in [-0.3, -0.25) is 0 Å². The Balaban J connectivity index is 2.37. The van der Waals surface area contributed by atoms with E-state index in [2.05, 4.69) is 18.7 Å². The van der Waals surface area contributed by atoms with Gasteiger partial charge in [0, 0.05) is 24.4 Å². The molecule has 2 nitrogen and oxygen atoms in total. The molecular weight excluding hydrogens is 210 g/mol. The van der Waals surface area contributed by atoms with Crippen molar-refractivity contribution in [2.45, 2.75) is 63.5 Å². The van der Waals surface area contributed by atoms with Crippen molar-refractivity contribution in [3.05, 3.63) is 0 Å². The highest BCUT2D eigenvalue weighted by atomic mass is 19.3. The molecule has 0 unspecified atom stereocenters. The lowest BCUT2D eigenvalue weighted by Crippen LogP contribution is -2.48. The molecule has 0 bridgehead atoms. The number of hydrogen-bond acceptors (Lipinski definition) is 2. The lowest BCUT2D eigenvalue weighted by atomic mass is 9.78. The summed E-state index contributed by atoms with van der Waals surface area (Å²) < 4.78 is 26.0. The first-order chi connectivity index (χ1) is 7.24. The number of rotatable bonds is 4. The zero-order valence-corrected chi connectivity index (χ0v) is 10.6. The van der Waals surface area contributed by atoms with Gasteiger partial charge in [-0.05, 0) is 46.7 Å². The van der Waals surface area contributed by atoms with E-state index in [1.54, 1.807) is 0 Å². The fraction of sp³-hybridized carbons (Fsp3) is 1.00. The summed E-state index contributed by atoms with van der Waals surface area (Å²) in [5, 5.41) is 0. The first kappa shape index (κ1) is 13.8. The number of hydrogen-bond donors (Lipinski definition) is 1. The van der Waals surface area contributed by atoms with E-state index in [4.69, 9.17) is 5.73 Å². The summed E-state index contributed by atoms with van der Waals surface area (Å²) in [4.78, 5) is 2.21. The summed E-state index contributed by atoms with van der Waals surface area (Å²) in [5.74, 6) is -2.48. The van der Waals surface area contributed by atoms with E-state index in [0.717, 1.165) is 13.0 Å². The predicted molar refractivity (Wildman–Crippen MR) is 62.7 cm³/mol. The maximum atomic E-state index is 13.0. The minimum atomic E-state index is -2.48. The average molecular weight is 234 g/mol. The van der Waals surface area contributed by atoms with Crippen molar-refractivity contribution in [2.24, 2.45) is 5.73 Å². The van der Waals surface area contributed by atoms with Gasteiger partial charge in [-0.15, -0.1) is 0 Å². The molecular formula is C12H24F2N2. The smallest absolute Gasteiger partial charge is 0.248 e. The monoisotopic (exact) mass is 234 g/mol. The van der Waals surface area contributed by atoms with Crippen molar-refractivity contribution in [3.63, 3.8) is 0 Å². The van der Waals surface area contributed by atoms with Crippen molar-refractivity contribution < 1.29 is 8.78 Å². The molecule has 1 rings (SSSR count). The van der Waals surface area contributed by atoms with Crippen LogP contribution in [0.2, 0.25) is 0 Å². The van der Waals surface area contributed by atoms with Gasteiger partial charge in [0.2, 0.25) is 5.92 Å². The zero-order valence-electron chi connectivity index (χ0n) is 10.6. The molecule has 4 heteroatoms. The lowest BCUT2D eigenvalue weighted by Gasteiger charge is -2.38. The molecule has 1 aliphatic rings. The second-order valence-corrected chi connectivity index (χ2v) is 5.54. The summed E-state index contributed by atoms with van der Waals surface area (Å²) in [6, 6.07) is 0.480. The van der Waals surface area contributed by atoms with Crippen LogP contribution in [-0.2, 0) is 0 Å². The molecule has 0 aromatic carbocycles. The molecule has 1 aliphatic carbocycles.